The van der Waals surface area contributed by atoms with Gasteiger partial charge in [-0.15, -0.1) is 0 Å². The summed E-state index contributed by atoms with van der Waals surface area (Å²) in [5.74, 6) is -7.41. The van der Waals surface area contributed by atoms with Gasteiger partial charge < -0.3 is 35.8 Å². The van der Waals surface area contributed by atoms with Gasteiger partial charge in [0.05, 0.1) is 18.2 Å². The first kappa shape index (κ1) is 33.0. The van der Waals surface area contributed by atoms with E-state index >= 15 is 0 Å². The Labute approximate surface area is 256 Å². The van der Waals surface area contributed by atoms with Crippen molar-refractivity contribution in [2.24, 2.45) is 17.6 Å². The maximum Gasteiger partial charge on any atom is 0.306 e. The van der Waals surface area contributed by atoms with Crippen LogP contribution in [0.3, 0.4) is 0 Å². The van der Waals surface area contributed by atoms with Crippen LogP contribution >= 0.6 is 0 Å². The number of nitrogens with zero attached hydrogens (tertiary/aromatic N) is 2. The fourth-order valence-electron chi connectivity index (χ4n) is 6.96. The number of nitrogens with two attached hydrogens (primary N) is 1. The van der Waals surface area contributed by atoms with Gasteiger partial charge in [-0.2, -0.15) is 0 Å². The summed E-state index contributed by atoms with van der Waals surface area (Å²) < 4.78 is 5.33. The molecule has 1 aromatic carbocycles. The molecule has 1 saturated carbocycles. The predicted octanol–water partition coefficient (Wildman–Crippen LogP) is 2.09. The van der Waals surface area contributed by atoms with Gasteiger partial charge in [0.15, 0.2) is 11.4 Å². The molecule has 1 aromatic rings. The lowest BCUT2D eigenvalue weighted by Gasteiger charge is -2.50. The van der Waals surface area contributed by atoms with E-state index in [9.17, 15) is 39.6 Å². The Kier molecular flexibility index (Phi) is 9.46. The molecule has 0 saturated heterocycles. The number of anilines is 1. The zero-order valence-corrected chi connectivity index (χ0v) is 26.0. The van der Waals surface area contributed by atoms with E-state index < -0.39 is 64.0 Å². The highest BCUT2D eigenvalue weighted by atomic mass is 16.5. The number of unbranched alkanes of at least 4 members (excludes halogenated alkanes) is 3. The third-order valence-corrected chi connectivity index (χ3v) is 9.12. The lowest BCUT2D eigenvalue weighted by atomic mass is 9.57. The number of Topliss-reactive ketones (excluding diaryl/α,β-unsaturated/α-hetero) is 2. The van der Waals surface area contributed by atoms with Gasteiger partial charge in [0, 0.05) is 37.7 Å². The minimum Gasteiger partial charge on any atom is -0.508 e. The normalized spacial score (nSPS) is 24.7. The van der Waals surface area contributed by atoms with Gasteiger partial charge >= 0.3 is 5.97 Å². The van der Waals surface area contributed by atoms with Gasteiger partial charge in [-0.3, -0.25) is 24.1 Å². The summed E-state index contributed by atoms with van der Waals surface area (Å²) in [6.07, 6.45) is 4.14. The van der Waals surface area contributed by atoms with Crippen molar-refractivity contribution in [1.29, 1.82) is 0 Å². The van der Waals surface area contributed by atoms with Crippen LogP contribution in [0.15, 0.2) is 23.0 Å². The van der Waals surface area contributed by atoms with Crippen LogP contribution in [0.5, 0.6) is 5.75 Å². The monoisotopic (exact) mass is 613 g/mol. The van der Waals surface area contributed by atoms with E-state index in [1.807, 2.05) is 0 Å². The number of ether oxygens (including phenoxy) is 1. The highest BCUT2D eigenvalue weighted by Gasteiger charge is 2.64. The van der Waals surface area contributed by atoms with E-state index in [4.69, 9.17) is 10.5 Å². The number of aromatic hydroxyl groups is 1. The molecule has 44 heavy (non-hydrogen) atoms. The van der Waals surface area contributed by atoms with E-state index in [0.29, 0.717) is 23.4 Å². The molecule has 3 aliphatic carbocycles. The summed E-state index contributed by atoms with van der Waals surface area (Å²) in [6.45, 7) is 2.41. The molecule has 0 unspecified atom stereocenters. The van der Waals surface area contributed by atoms with Crippen LogP contribution in [0.2, 0.25) is 0 Å². The second-order valence-corrected chi connectivity index (χ2v) is 12.4. The van der Waals surface area contributed by atoms with Crippen LogP contribution in [0.4, 0.5) is 5.69 Å². The molecule has 0 heterocycles. The summed E-state index contributed by atoms with van der Waals surface area (Å²) in [4.78, 5) is 55.2. The Morgan fingerprint density at radius 3 is 2.36 bits per heavy atom. The van der Waals surface area contributed by atoms with Gasteiger partial charge in [-0.25, -0.2) is 0 Å². The molecule has 0 spiro atoms. The number of benzene rings is 1. The van der Waals surface area contributed by atoms with Gasteiger partial charge in [-0.1, -0.05) is 26.2 Å². The summed E-state index contributed by atoms with van der Waals surface area (Å²) >= 11 is 0. The summed E-state index contributed by atoms with van der Waals surface area (Å²) in [5.41, 5.74) is 3.16. The molecule has 3 aliphatic rings. The van der Waals surface area contributed by atoms with Crippen molar-refractivity contribution >= 4 is 34.9 Å². The van der Waals surface area contributed by atoms with Crippen molar-refractivity contribution in [3.63, 3.8) is 0 Å². The van der Waals surface area contributed by atoms with Crippen molar-refractivity contribution in [2.45, 2.75) is 69.9 Å². The average molecular weight is 614 g/mol. The summed E-state index contributed by atoms with van der Waals surface area (Å²) in [6, 6.07) is 0.588. The molecule has 0 radical (unpaired) electrons. The maximum atomic E-state index is 14.1. The predicted molar refractivity (Wildman–Crippen MR) is 162 cm³/mol. The number of amides is 1. The molecule has 1 amide bonds. The van der Waals surface area contributed by atoms with Crippen molar-refractivity contribution < 1.29 is 44.3 Å². The Morgan fingerprint density at radius 2 is 1.77 bits per heavy atom. The molecule has 12 nitrogen and oxygen atoms in total. The third-order valence-electron chi connectivity index (χ3n) is 9.12. The Morgan fingerprint density at radius 1 is 1.09 bits per heavy atom. The number of rotatable bonds is 11. The van der Waals surface area contributed by atoms with E-state index in [2.05, 4.69) is 6.92 Å². The number of likely N-dealkylation sites (N-methyl/N-ethyl adjacent to an activating group) is 1. The number of hydrogen-bond acceptors (Lipinski definition) is 11. The van der Waals surface area contributed by atoms with E-state index in [1.165, 1.54) is 4.90 Å². The first-order valence-corrected chi connectivity index (χ1v) is 15.0. The number of hydrogen-bond donors (Lipinski definition) is 5. The molecular weight excluding hydrogens is 570 g/mol. The Bertz CT molecular complexity index is 1440. The highest BCUT2D eigenvalue weighted by Crippen LogP contribution is 2.54. The highest BCUT2D eigenvalue weighted by molar-refractivity contribution is 6.24. The molecule has 4 atom stereocenters. The minimum atomic E-state index is -2.71. The zero-order chi connectivity index (χ0) is 32.7. The second-order valence-electron chi connectivity index (χ2n) is 12.4. The Balaban J connectivity index is 1.76. The summed E-state index contributed by atoms with van der Waals surface area (Å²) in [7, 11) is 6.69. The van der Waals surface area contributed by atoms with Crippen molar-refractivity contribution in [3.8, 4) is 5.75 Å². The molecule has 6 N–H and O–H groups in total. The van der Waals surface area contributed by atoms with Gasteiger partial charge in [0.2, 0.25) is 5.78 Å². The second kappa shape index (κ2) is 12.6. The molecule has 4 rings (SSSR count). The number of aliphatic hydroxyl groups is 3. The number of fused-ring (bicyclic) bond motifs is 3. The van der Waals surface area contributed by atoms with Crippen LogP contribution in [0.25, 0.3) is 5.76 Å². The van der Waals surface area contributed by atoms with Gasteiger partial charge in [0.25, 0.3) is 5.91 Å². The first-order chi connectivity index (χ1) is 20.7. The number of primary amides is 1. The van der Waals surface area contributed by atoms with E-state index in [0.717, 1.165) is 25.7 Å². The van der Waals surface area contributed by atoms with E-state index in [-0.39, 0.29) is 42.6 Å². The lowest BCUT2D eigenvalue weighted by Crippen LogP contribution is -2.65. The topological polar surface area (TPSA) is 191 Å². The van der Waals surface area contributed by atoms with Crippen molar-refractivity contribution in [2.75, 3.05) is 39.7 Å². The molecule has 12 heteroatoms. The van der Waals surface area contributed by atoms with Crippen LogP contribution in [-0.2, 0) is 36.8 Å². The smallest absolute Gasteiger partial charge is 0.306 e. The molecule has 0 aliphatic heterocycles. The zero-order valence-electron chi connectivity index (χ0n) is 26.0. The van der Waals surface area contributed by atoms with Gasteiger partial charge in [0.1, 0.15) is 22.8 Å². The Hall–Kier alpha value is -3.90. The first-order valence-electron chi connectivity index (χ1n) is 15.0. The number of ketones is 2. The SMILES string of the molecule is CCCCCCOC(=O)CCc1cc(N(C)C)c2c(c1O)C(O)=C1C(=O)[C@]3(O)C(O)=C(C(N)=O)C(=O)[C@@H](N(C)C)[C@@H]3C[C@@H]1C2. The van der Waals surface area contributed by atoms with Crippen molar-refractivity contribution in [1.82, 2.24) is 4.90 Å². The van der Waals surface area contributed by atoms with Crippen LogP contribution in [0, 0.1) is 11.8 Å². The number of aryl methyl sites for hydroxylation is 1. The maximum absolute atomic E-state index is 14.1. The molecule has 240 valence electrons. The number of esters is 1. The van der Waals surface area contributed by atoms with Crippen LogP contribution < -0.4 is 10.6 Å². The molecule has 1 fully saturated rings. The third kappa shape index (κ3) is 5.45. The fourth-order valence-corrected chi connectivity index (χ4v) is 6.96. The molecular formula is C32H43N3O9. The van der Waals surface area contributed by atoms with Crippen LogP contribution in [0.1, 0.15) is 62.1 Å². The number of phenols is 1. The van der Waals surface area contributed by atoms with E-state index in [1.54, 1.807) is 39.2 Å². The average Bonchev–Trinajstić information content (AvgIpc) is 2.93. The molecule has 0 aromatic heterocycles. The quantitative estimate of drug-likeness (QED) is 0.139. The minimum absolute atomic E-state index is 0.00424. The standard InChI is InChI=1S/C32H43N3O9/c1-6-7-8-9-12-44-21(36)11-10-16-15-20(34(2)3)18-13-17-14-19-25(35(4)5)28(39)24(31(33)42)30(41)32(19,43)29(40)22(17)27(38)23(18)26(16)37/h15,17,19,25,37-38,41,43H,6-14H2,1-5H3,(H2,33,42)/t17-,19-,25-,32-/m0/s1. The number of carbonyl (C=O) groups is 4. The van der Waals surface area contributed by atoms with Crippen molar-refractivity contribution in [3.05, 3.63) is 39.7 Å². The van der Waals surface area contributed by atoms with Gasteiger partial charge in [-0.05, 0) is 62.9 Å². The number of aliphatic hydroxyl groups excluding tert-OH is 2. The fraction of sp³-hybridized carbons (Fsp3) is 0.562. The summed E-state index contributed by atoms with van der Waals surface area (Å²) in [5, 5.41) is 45.8. The van der Waals surface area contributed by atoms with Crippen LogP contribution in [-0.4, -0.2) is 95.2 Å². The molecule has 0 bridgehead atoms. The number of phenolic OH excluding ortho intramolecular Hbond substituents is 1. The lowest BCUT2D eigenvalue weighted by molar-refractivity contribution is -0.153. The number of carbonyl (C=O) groups excluding carboxylic acids is 4. The largest absolute Gasteiger partial charge is 0.508 e.